The fourth-order valence-electron chi connectivity index (χ4n) is 2.13. The zero-order valence-corrected chi connectivity index (χ0v) is 13.9. The van der Waals surface area contributed by atoms with Gasteiger partial charge in [-0.05, 0) is 26.7 Å². The Morgan fingerprint density at radius 1 is 1.40 bits per heavy atom. The molecule has 0 aliphatic rings. The molecule has 0 aliphatic carbocycles. The topological polar surface area (TPSA) is 71.2 Å². The molecule has 0 spiro atoms. The molecule has 1 amide bonds. The molecule has 0 radical (unpaired) electrons. The molecule has 0 fully saturated rings. The van der Waals surface area contributed by atoms with E-state index in [2.05, 4.69) is 24.1 Å². The van der Waals surface area contributed by atoms with E-state index in [-0.39, 0.29) is 11.4 Å². The van der Waals surface area contributed by atoms with Gasteiger partial charge < -0.3 is 16.0 Å². The van der Waals surface area contributed by atoms with Crippen LogP contribution in [0, 0.1) is 0 Å². The zero-order valence-electron chi connectivity index (χ0n) is 13.1. The van der Waals surface area contributed by atoms with Crippen molar-refractivity contribution in [2.75, 3.05) is 24.2 Å². The van der Waals surface area contributed by atoms with E-state index in [1.54, 1.807) is 0 Å². The largest absolute Gasteiger partial charge is 0.382 e. The standard InChI is InChI=1S/C14H26N4OS/c1-6-8-14(3,4)17-12(19)10-11(15)16-13(20-10)18(5)9-7-2/h6-9,15H2,1-5H3,(H,17,19). The third kappa shape index (κ3) is 4.37. The van der Waals surface area contributed by atoms with E-state index in [1.165, 1.54) is 11.3 Å². The van der Waals surface area contributed by atoms with Crippen molar-refractivity contribution in [3.63, 3.8) is 0 Å². The molecule has 1 heterocycles. The monoisotopic (exact) mass is 298 g/mol. The second-order valence-electron chi connectivity index (χ2n) is 5.72. The molecule has 3 N–H and O–H groups in total. The molecule has 5 nitrogen and oxygen atoms in total. The predicted octanol–water partition coefficient (Wildman–Crippen LogP) is 2.88. The zero-order chi connectivity index (χ0) is 15.3. The fourth-order valence-corrected chi connectivity index (χ4v) is 3.00. The number of amides is 1. The highest BCUT2D eigenvalue weighted by atomic mass is 32.1. The Bertz CT molecular complexity index is 456. The van der Waals surface area contributed by atoms with E-state index in [0.29, 0.717) is 10.7 Å². The molecule has 1 rings (SSSR count). The minimum atomic E-state index is -0.224. The van der Waals surface area contributed by atoms with Gasteiger partial charge in [0.05, 0.1) is 0 Å². The maximum atomic E-state index is 12.3. The van der Waals surface area contributed by atoms with Gasteiger partial charge in [-0.1, -0.05) is 31.6 Å². The van der Waals surface area contributed by atoms with E-state index in [0.717, 1.165) is 30.9 Å². The summed E-state index contributed by atoms with van der Waals surface area (Å²) >= 11 is 1.35. The number of thiazole rings is 1. The highest BCUT2D eigenvalue weighted by Crippen LogP contribution is 2.28. The Hall–Kier alpha value is -1.30. The number of hydrogen-bond acceptors (Lipinski definition) is 5. The molecule has 114 valence electrons. The number of carbonyl (C=O) groups is 1. The Balaban J connectivity index is 2.84. The second kappa shape index (κ2) is 6.92. The van der Waals surface area contributed by atoms with E-state index < -0.39 is 0 Å². The lowest BCUT2D eigenvalue weighted by Crippen LogP contribution is -2.43. The molecule has 0 aliphatic heterocycles. The summed E-state index contributed by atoms with van der Waals surface area (Å²) in [5, 5.41) is 3.83. The van der Waals surface area contributed by atoms with Gasteiger partial charge in [0.2, 0.25) is 0 Å². The highest BCUT2D eigenvalue weighted by Gasteiger charge is 2.24. The van der Waals surface area contributed by atoms with Gasteiger partial charge in [-0.3, -0.25) is 4.79 Å². The number of nitrogens with one attached hydrogen (secondary N) is 1. The van der Waals surface area contributed by atoms with Gasteiger partial charge >= 0.3 is 0 Å². The van der Waals surface area contributed by atoms with Gasteiger partial charge in [-0.25, -0.2) is 4.98 Å². The number of aromatic nitrogens is 1. The lowest BCUT2D eigenvalue weighted by molar-refractivity contribution is 0.0914. The summed E-state index contributed by atoms with van der Waals surface area (Å²) in [6, 6.07) is 0. The molecular formula is C14H26N4OS. The molecule has 1 aromatic heterocycles. The lowest BCUT2D eigenvalue weighted by Gasteiger charge is -2.25. The maximum Gasteiger partial charge on any atom is 0.265 e. The van der Waals surface area contributed by atoms with Crippen molar-refractivity contribution in [1.29, 1.82) is 0 Å². The SMILES string of the molecule is CCCN(C)c1nc(N)c(C(=O)NC(C)(C)CCC)s1. The molecule has 20 heavy (non-hydrogen) atoms. The van der Waals surface area contributed by atoms with Crippen LogP contribution in [0.5, 0.6) is 0 Å². The van der Waals surface area contributed by atoms with Crippen molar-refractivity contribution in [3.8, 4) is 0 Å². The Labute approximate surface area is 125 Å². The van der Waals surface area contributed by atoms with Crippen molar-refractivity contribution >= 4 is 28.2 Å². The maximum absolute atomic E-state index is 12.3. The van der Waals surface area contributed by atoms with Gasteiger partial charge in [0.25, 0.3) is 5.91 Å². The fraction of sp³-hybridized carbons (Fsp3) is 0.714. The summed E-state index contributed by atoms with van der Waals surface area (Å²) in [6.45, 7) is 9.15. The van der Waals surface area contributed by atoms with Crippen molar-refractivity contribution in [2.45, 2.75) is 52.5 Å². The third-order valence-corrected chi connectivity index (χ3v) is 4.24. The number of anilines is 2. The number of hydrogen-bond donors (Lipinski definition) is 2. The van der Waals surface area contributed by atoms with Crippen LogP contribution < -0.4 is 16.0 Å². The lowest BCUT2D eigenvalue weighted by atomic mass is 9.99. The van der Waals surface area contributed by atoms with E-state index in [1.807, 2.05) is 25.8 Å². The molecule has 0 bridgehead atoms. The summed E-state index contributed by atoms with van der Waals surface area (Å²) in [4.78, 5) is 19.1. The van der Waals surface area contributed by atoms with Crippen LogP contribution in [0.3, 0.4) is 0 Å². The van der Waals surface area contributed by atoms with E-state index in [9.17, 15) is 4.79 Å². The van der Waals surface area contributed by atoms with Crippen LogP contribution in [-0.2, 0) is 0 Å². The normalized spacial score (nSPS) is 11.4. The van der Waals surface area contributed by atoms with E-state index >= 15 is 0 Å². The van der Waals surface area contributed by atoms with Crippen LogP contribution in [0.15, 0.2) is 0 Å². The second-order valence-corrected chi connectivity index (χ2v) is 6.70. The Morgan fingerprint density at radius 3 is 2.60 bits per heavy atom. The third-order valence-electron chi connectivity index (χ3n) is 3.06. The first-order valence-corrected chi connectivity index (χ1v) is 7.92. The minimum absolute atomic E-state index is 0.130. The summed E-state index contributed by atoms with van der Waals surface area (Å²) in [5.74, 6) is 0.187. The Kier molecular flexibility index (Phi) is 5.80. The van der Waals surface area contributed by atoms with Gasteiger partial charge in [0.15, 0.2) is 5.13 Å². The quantitative estimate of drug-likeness (QED) is 0.812. The van der Waals surface area contributed by atoms with Gasteiger partial charge in [-0.2, -0.15) is 0 Å². The molecule has 0 atom stereocenters. The average Bonchev–Trinajstić information content (AvgIpc) is 2.71. The molecule has 6 heteroatoms. The van der Waals surface area contributed by atoms with Crippen LogP contribution in [0.4, 0.5) is 10.9 Å². The first-order chi connectivity index (χ1) is 9.30. The first-order valence-electron chi connectivity index (χ1n) is 7.10. The van der Waals surface area contributed by atoms with Crippen molar-refractivity contribution in [3.05, 3.63) is 4.88 Å². The highest BCUT2D eigenvalue weighted by molar-refractivity contribution is 7.18. The molecule has 1 aromatic rings. The van der Waals surface area contributed by atoms with Crippen LogP contribution in [0.1, 0.15) is 56.6 Å². The minimum Gasteiger partial charge on any atom is -0.382 e. The van der Waals surface area contributed by atoms with E-state index in [4.69, 9.17) is 5.73 Å². The van der Waals surface area contributed by atoms with Crippen LogP contribution in [-0.4, -0.2) is 30.0 Å². The van der Waals surface area contributed by atoms with Crippen LogP contribution in [0.2, 0.25) is 0 Å². The number of nitrogens with two attached hydrogens (primary N) is 1. The molecule has 0 saturated heterocycles. The molecular weight excluding hydrogens is 272 g/mol. The van der Waals surface area contributed by atoms with Crippen LogP contribution in [0.25, 0.3) is 0 Å². The van der Waals surface area contributed by atoms with Crippen molar-refractivity contribution < 1.29 is 4.79 Å². The number of nitrogen functional groups attached to an aromatic ring is 1. The summed E-state index contributed by atoms with van der Waals surface area (Å²) in [5.41, 5.74) is 5.66. The van der Waals surface area contributed by atoms with Crippen LogP contribution >= 0.6 is 11.3 Å². The summed E-state index contributed by atoms with van der Waals surface area (Å²) in [7, 11) is 1.96. The summed E-state index contributed by atoms with van der Waals surface area (Å²) in [6.07, 6.45) is 2.98. The number of rotatable bonds is 7. The molecule has 0 saturated carbocycles. The van der Waals surface area contributed by atoms with Crippen molar-refractivity contribution in [1.82, 2.24) is 10.3 Å². The average molecular weight is 298 g/mol. The number of nitrogens with zero attached hydrogens (tertiary/aromatic N) is 2. The smallest absolute Gasteiger partial charge is 0.265 e. The number of carbonyl (C=O) groups excluding carboxylic acids is 1. The molecule has 0 unspecified atom stereocenters. The predicted molar refractivity (Wildman–Crippen MR) is 86.5 cm³/mol. The molecule has 0 aromatic carbocycles. The Morgan fingerprint density at radius 2 is 2.05 bits per heavy atom. The van der Waals surface area contributed by atoms with Crippen molar-refractivity contribution in [2.24, 2.45) is 0 Å². The first kappa shape index (κ1) is 16.8. The van der Waals surface area contributed by atoms with Gasteiger partial charge in [0.1, 0.15) is 10.7 Å². The summed E-state index contributed by atoms with van der Waals surface area (Å²) < 4.78 is 0. The van der Waals surface area contributed by atoms with Gasteiger partial charge in [0, 0.05) is 19.1 Å². The van der Waals surface area contributed by atoms with Gasteiger partial charge in [-0.15, -0.1) is 0 Å².